The zero-order valence-electron chi connectivity index (χ0n) is 12.7. The molecular weight excluding hydrogens is 258 g/mol. The fourth-order valence-corrected chi connectivity index (χ4v) is 2.70. The fourth-order valence-electron chi connectivity index (χ4n) is 2.47. The summed E-state index contributed by atoms with van der Waals surface area (Å²) in [4.78, 5) is 8.41. The number of hydrogen-bond donors (Lipinski definition) is 1. The quantitative estimate of drug-likeness (QED) is 0.753. The van der Waals surface area contributed by atoms with Gasteiger partial charge in [0, 0.05) is 12.1 Å². The summed E-state index contributed by atoms with van der Waals surface area (Å²) in [6.45, 7) is 12.1. The molecule has 0 saturated heterocycles. The van der Waals surface area contributed by atoms with Gasteiger partial charge < -0.3 is 5.32 Å². The van der Waals surface area contributed by atoms with Crippen LogP contribution < -0.4 is 5.32 Å². The van der Waals surface area contributed by atoms with Gasteiger partial charge in [-0.1, -0.05) is 52.6 Å². The van der Waals surface area contributed by atoms with Crippen LogP contribution in [0, 0.1) is 17.8 Å². The predicted octanol–water partition coefficient (Wildman–Crippen LogP) is 4.42. The van der Waals surface area contributed by atoms with Crippen LogP contribution in [0.5, 0.6) is 0 Å². The van der Waals surface area contributed by atoms with Crippen molar-refractivity contribution in [2.24, 2.45) is 17.8 Å². The van der Waals surface area contributed by atoms with Crippen LogP contribution in [0.3, 0.4) is 0 Å². The Morgan fingerprint density at radius 1 is 1.16 bits per heavy atom. The van der Waals surface area contributed by atoms with Gasteiger partial charge in [0.1, 0.15) is 17.3 Å². The second kappa shape index (κ2) is 7.68. The molecule has 1 rings (SSSR count). The second-order valence-electron chi connectivity index (χ2n) is 5.77. The Bertz CT molecular complexity index is 383. The molecule has 19 heavy (non-hydrogen) atoms. The average Bonchev–Trinajstić information content (AvgIpc) is 2.32. The van der Waals surface area contributed by atoms with E-state index in [0.717, 1.165) is 30.8 Å². The van der Waals surface area contributed by atoms with Crippen LogP contribution >= 0.6 is 11.6 Å². The minimum atomic E-state index is 0.574. The highest BCUT2D eigenvalue weighted by Gasteiger charge is 2.18. The molecule has 0 amide bonds. The van der Waals surface area contributed by atoms with Gasteiger partial charge in [-0.25, -0.2) is 9.97 Å². The highest BCUT2D eigenvalue weighted by Crippen LogP contribution is 2.24. The molecule has 1 aromatic heterocycles. The number of nitrogens with one attached hydrogen (secondary N) is 1. The van der Waals surface area contributed by atoms with E-state index in [4.69, 9.17) is 11.6 Å². The van der Waals surface area contributed by atoms with Crippen molar-refractivity contribution in [2.75, 3.05) is 11.9 Å². The third-order valence-electron chi connectivity index (χ3n) is 3.61. The molecule has 0 radical (unpaired) electrons. The molecule has 0 atom stereocenters. The zero-order valence-corrected chi connectivity index (χ0v) is 13.5. The van der Waals surface area contributed by atoms with Crippen LogP contribution in [0.25, 0.3) is 0 Å². The smallest absolute Gasteiger partial charge is 0.137 e. The maximum atomic E-state index is 6.16. The van der Waals surface area contributed by atoms with E-state index < -0.39 is 0 Å². The van der Waals surface area contributed by atoms with Gasteiger partial charge in [0.15, 0.2) is 0 Å². The van der Waals surface area contributed by atoms with E-state index in [1.165, 1.54) is 6.33 Å². The third kappa shape index (κ3) is 4.64. The molecule has 0 aliphatic heterocycles. The molecule has 108 valence electrons. The fraction of sp³-hybridized carbons (Fsp3) is 0.733. The lowest BCUT2D eigenvalue weighted by Gasteiger charge is -2.25. The first-order valence-electron chi connectivity index (χ1n) is 7.20. The van der Waals surface area contributed by atoms with Gasteiger partial charge in [0.2, 0.25) is 0 Å². The third-order valence-corrected chi connectivity index (χ3v) is 3.94. The van der Waals surface area contributed by atoms with Crippen LogP contribution in [0.4, 0.5) is 5.82 Å². The van der Waals surface area contributed by atoms with Crippen LogP contribution in [0.1, 0.15) is 46.6 Å². The topological polar surface area (TPSA) is 37.8 Å². The van der Waals surface area contributed by atoms with E-state index in [0.29, 0.717) is 22.9 Å². The molecule has 0 saturated carbocycles. The van der Waals surface area contributed by atoms with Crippen molar-refractivity contribution in [1.29, 1.82) is 0 Å². The summed E-state index contributed by atoms with van der Waals surface area (Å²) in [5.74, 6) is 2.83. The number of hydrogen-bond acceptors (Lipinski definition) is 3. The zero-order chi connectivity index (χ0) is 14.4. The minimum Gasteiger partial charge on any atom is -0.369 e. The standard InChI is InChI=1S/C15H26ClN3/c1-6-7-12-14(16)18-9-19-15(12)17-8-13(10(2)3)11(4)5/h9-11,13H,6-8H2,1-5H3,(H,17,18,19). The lowest BCUT2D eigenvalue weighted by atomic mass is 9.85. The Hall–Kier alpha value is -0.830. The van der Waals surface area contributed by atoms with Gasteiger partial charge in [-0.05, 0) is 24.2 Å². The average molecular weight is 284 g/mol. The summed E-state index contributed by atoms with van der Waals surface area (Å²) in [6.07, 6.45) is 3.49. The highest BCUT2D eigenvalue weighted by molar-refractivity contribution is 6.30. The number of halogens is 1. The lowest BCUT2D eigenvalue weighted by Crippen LogP contribution is -2.25. The molecular formula is C15H26ClN3. The van der Waals surface area contributed by atoms with Gasteiger partial charge in [-0.2, -0.15) is 0 Å². The maximum Gasteiger partial charge on any atom is 0.137 e. The van der Waals surface area contributed by atoms with E-state index in [1.54, 1.807) is 0 Å². The molecule has 3 nitrogen and oxygen atoms in total. The van der Waals surface area contributed by atoms with Crippen LogP contribution in [0.15, 0.2) is 6.33 Å². The van der Waals surface area contributed by atoms with E-state index in [9.17, 15) is 0 Å². The highest BCUT2D eigenvalue weighted by atomic mass is 35.5. The van der Waals surface area contributed by atoms with Crippen LogP contribution in [-0.4, -0.2) is 16.5 Å². The molecule has 1 heterocycles. The summed E-state index contributed by atoms with van der Waals surface area (Å²) < 4.78 is 0. The molecule has 0 aliphatic rings. The van der Waals surface area contributed by atoms with Crippen LogP contribution in [-0.2, 0) is 6.42 Å². The molecule has 0 bridgehead atoms. The van der Waals surface area contributed by atoms with E-state index in [2.05, 4.69) is 49.9 Å². The predicted molar refractivity (Wildman–Crippen MR) is 82.7 cm³/mol. The van der Waals surface area contributed by atoms with Crippen molar-refractivity contribution in [1.82, 2.24) is 9.97 Å². The van der Waals surface area contributed by atoms with Gasteiger partial charge in [0.05, 0.1) is 0 Å². The number of rotatable bonds is 7. The molecule has 4 heteroatoms. The largest absolute Gasteiger partial charge is 0.369 e. The Balaban J connectivity index is 2.79. The van der Waals surface area contributed by atoms with Gasteiger partial charge in [0.25, 0.3) is 0 Å². The molecule has 0 spiro atoms. The van der Waals surface area contributed by atoms with Crippen molar-refractivity contribution in [3.05, 3.63) is 17.0 Å². The SMILES string of the molecule is CCCc1c(Cl)ncnc1NCC(C(C)C)C(C)C. The summed E-state index contributed by atoms with van der Waals surface area (Å²) in [5.41, 5.74) is 1.04. The Kier molecular flexibility index (Phi) is 6.56. The summed E-state index contributed by atoms with van der Waals surface area (Å²) in [5, 5.41) is 4.04. The van der Waals surface area contributed by atoms with Gasteiger partial charge >= 0.3 is 0 Å². The van der Waals surface area contributed by atoms with E-state index in [1.807, 2.05) is 0 Å². The molecule has 0 fully saturated rings. The first kappa shape index (κ1) is 16.2. The van der Waals surface area contributed by atoms with Crippen molar-refractivity contribution >= 4 is 17.4 Å². The number of nitrogens with zero attached hydrogens (tertiary/aromatic N) is 2. The summed E-state index contributed by atoms with van der Waals surface area (Å²) >= 11 is 6.16. The van der Waals surface area contributed by atoms with E-state index >= 15 is 0 Å². The normalized spacial score (nSPS) is 11.6. The number of anilines is 1. The van der Waals surface area contributed by atoms with Gasteiger partial charge in [-0.15, -0.1) is 0 Å². The minimum absolute atomic E-state index is 0.574. The number of aromatic nitrogens is 2. The second-order valence-corrected chi connectivity index (χ2v) is 6.13. The van der Waals surface area contributed by atoms with E-state index in [-0.39, 0.29) is 0 Å². The van der Waals surface area contributed by atoms with Crippen molar-refractivity contribution in [2.45, 2.75) is 47.5 Å². The summed E-state index contributed by atoms with van der Waals surface area (Å²) in [7, 11) is 0. The van der Waals surface area contributed by atoms with Crippen molar-refractivity contribution in [3.8, 4) is 0 Å². The van der Waals surface area contributed by atoms with Crippen LogP contribution in [0.2, 0.25) is 5.15 Å². The Labute approximate surface area is 122 Å². The van der Waals surface area contributed by atoms with Crippen molar-refractivity contribution < 1.29 is 0 Å². The first-order chi connectivity index (χ1) is 8.97. The Morgan fingerprint density at radius 3 is 2.32 bits per heavy atom. The van der Waals surface area contributed by atoms with Gasteiger partial charge in [-0.3, -0.25) is 0 Å². The molecule has 0 unspecified atom stereocenters. The molecule has 0 aromatic carbocycles. The molecule has 0 aliphatic carbocycles. The Morgan fingerprint density at radius 2 is 1.79 bits per heavy atom. The van der Waals surface area contributed by atoms with Crippen molar-refractivity contribution in [3.63, 3.8) is 0 Å². The lowest BCUT2D eigenvalue weighted by molar-refractivity contribution is 0.304. The maximum absolute atomic E-state index is 6.16. The molecule has 1 aromatic rings. The first-order valence-corrected chi connectivity index (χ1v) is 7.58. The summed E-state index contributed by atoms with van der Waals surface area (Å²) in [6, 6.07) is 0. The monoisotopic (exact) mass is 283 g/mol. The molecule has 1 N–H and O–H groups in total.